The van der Waals surface area contributed by atoms with Gasteiger partial charge < -0.3 is 5.11 Å². The first kappa shape index (κ1) is 29.5. The van der Waals surface area contributed by atoms with E-state index in [1.165, 1.54) is 173 Å². The van der Waals surface area contributed by atoms with E-state index in [9.17, 15) is 9.90 Å². The van der Waals surface area contributed by atoms with Gasteiger partial charge in [0.15, 0.2) is 0 Å². The molecule has 0 aromatic carbocycles. The fraction of sp³-hybridized carbons (Fsp3) is 0.971. The van der Waals surface area contributed by atoms with Crippen LogP contribution in [0.3, 0.4) is 0 Å². The minimum atomic E-state index is -0.597. The number of carboxylic acids is 1. The molecular formula is C35H62O2. The highest BCUT2D eigenvalue weighted by Crippen LogP contribution is 2.71. The Bertz CT molecular complexity index is 664. The van der Waals surface area contributed by atoms with Crippen LogP contribution in [0.15, 0.2) is 0 Å². The van der Waals surface area contributed by atoms with Crippen molar-refractivity contribution in [1.82, 2.24) is 0 Å². The summed E-state index contributed by atoms with van der Waals surface area (Å²) < 4.78 is 0. The summed E-state index contributed by atoms with van der Waals surface area (Å²) in [7, 11) is 0. The van der Waals surface area contributed by atoms with E-state index in [1.54, 1.807) is 0 Å². The molecule has 37 heavy (non-hydrogen) atoms. The lowest BCUT2D eigenvalue weighted by Gasteiger charge is -2.66. The molecule has 0 aromatic heterocycles. The number of aliphatic carboxylic acids is 1. The van der Waals surface area contributed by atoms with Crippen molar-refractivity contribution in [3.63, 3.8) is 0 Å². The Labute approximate surface area is 230 Å². The van der Waals surface area contributed by atoms with Crippen LogP contribution < -0.4 is 0 Å². The number of carbonyl (C=O) groups is 1. The summed E-state index contributed by atoms with van der Waals surface area (Å²) in [5.41, 5.74) is 1.64. The lowest BCUT2D eigenvalue weighted by molar-refractivity contribution is -0.164. The summed E-state index contributed by atoms with van der Waals surface area (Å²) in [6.45, 7) is 0. The summed E-state index contributed by atoms with van der Waals surface area (Å²) in [6.07, 6.45) is 42.1. The molecule has 4 unspecified atom stereocenters. The van der Waals surface area contributed by atoms with Crippen molar-refractivity contribution in [2.24, 2.45) is 22.2 Å². The summed E-state index contributed by atoms with van der Waals surface area (Å²) >= 11 is 0. The molecule has 4 saturated carbocycles. The molecular weight excluding hydrogens is 452 g/mol. The zero-order chi connectivity index (χ0) is 25.9. The fourth-order valence-corrected chi connectivity index (χ4v) is 10.8. The van der Waals surface area contributed by atoms with Crippen LogP contribution in [0.1, 0.15) is 193 Å². The van der Waals surface area contributed by atoms with Gasteiger partial charge in [0.05, 0.1) is 0 Å². The van der Waals surface area contributed by atoms with Gasteiger partial charge in [-0.1, -0.05) is 122 Å². The summed E-state index contributed by atoms with van der Waals surface area (Å²) in [5, 5.41) is 9.37. The lowest BCUT2D eigenvalue weighted by atomic mass is 9.39. The van der Waals surface area contributed by atoms with Gasteiger partial charge in [-0.05, 0) is 86.4 Å². The number of hydrogen-bond acceptors (Lipinski definition) is 1. The minimum Gasteiger partial charge on any atom is -0.481 e. The number of hydrogen-bond donors (Lipinski definition) is 1. The number of carboxylic acid groups (broad SMARTS) is 1. The van der Waals surface area contributed by atoms with Gasteiger partial charge in [-0.15, -0.1) is 0 Å². The van der Waals surface area contributed by atoms with Gasteiger partial charge in [0, 0.05) is 6.42 Å². The van der Waals surface area contributed by atoms with Gasteiger partial charge in [0.25, 0.3) is 0 Å². The second-order valence-electron chi connectivity index (χ2n) is 14.3. The van der Waals surface area contributed by atoms with Gasteiger partial charge in [-0.3, -0.25) is 4.79 Å². The zero-order valence-corrected chi connectivity index (χ0v) is 24.6. The predicted molar refractivity (Wildman–Crippen MR) is 157 cm³/mol. The van der Waals surface area contributed by atoms with Crippen molar-refractivity contribution < 1.29 is 9.90 Å². The van der Waals surface area contributed by atoms with Gasteiger partial charge in [-0.25, -0.2) is 0 Å². The highest BCUT2D eigenvalue weighted by molar-refractivity contribution is 5.66. The molecule has 1 N–H and O–H groups in total. The highest BCUT2D eigenvalue weighted by atomic mass is 16.4. The SMILES string of the molecule is O=C(O)CCCCC1CCCCCCCCC12CCCCCCCC13CCCCCCC12CCCCC3. The predicted octanol–water partition coefficient (Wildman–Crippen LogP) is 11.4. The van der Waals surface area contributed by atoms with E-state index >= 15 is 0 Å². The third kappa shape index (κ3) is 6.98. The molecule has 1 spiro atoms. The molecule has 4 atom stereocenters. The zero-order valence-electron chi connectivity index (χ0n) is 24.6. The monoisotopic (exact) mass is 514 g/mol. The average Bonchev–Trinajstić information content (AvgIpc) is 3.05. The van der Waals surface area contributed by atoms with E-state index in [-0.39, 0.29) is 0 Å². The Kier molecular flexibility index (Phi) is 11.7. The van der Waals surface area contributed by atoms with E-state index in [0.29, 0.717) is 22.7 Å². The summed E-state index contributed by atoms with van der Waals surface area (Å²) in [4.78, 5) is 11.4. The third-order valence-electron chi connectivity index (χ3n) is 12.4. The Balaban J connectivity index is 1.81. The van der Waals surface area contributed by atoms with Crippen LogP contribution in [0.5, 0.6) is 0 Å². The van der Waals surface area contributed by atoms with E-state index in [2.05, 4.69) is 0 Å². The summed E-state index contributed by atoms with van der Waals surface area (Å²) in [5.74, 6) is 0.233. The normalized spacial score (nSPS) is 37.2. The maximum absolute atomic E-state index is 11.4. The van der Waals surface area contributed by atoms with Crippen LogP contribution in [0.2, 0.25) is 0 Å². The second kappa shape index (κ2) is 14.7. The van der Waals surface area contributed by atoms with Crippen LogP contribution in [-0.4, -0.2) is 11.1 Å². The van der Waals surface area contributed by atoms with Crippen molar-refractivity contribution in [2.75, 3.05) is 0 Å². The lowest BCUT2D eigenvalue weighted by Crippen LogP contribution is -2.57. The van der Waals surface area contributed by atoms with Crippen LogP contribution in [0.25, 0.3) is 0 Å². The maximum atomic E-state index is 11.4. The van der Waals surface area contributed by atoms with Crippen molar-refractivity contribution in [1.29, 1.82) is 0 Å². The first-order chi connectivity index (χ1) is 18.1. The third-order valence-corrected chi connectivity index (χ3v) is 12.4. The molecule has 4 fully saturated rings. The van der Waals surface area contributed by atoms with Crippen molar-refractivity contribution in [2.45, 2.75) is 193 Å². The van der Waals surface area contributed by atoms with Crippen LogP contribution in [0.4, 0.5) is 0 Å². The van der Waals surface area contributed by atoms with Gasteiger partial charge in [0.2, 0.25) is 0 Å². The molecule has 214 valence electrons. The Morgan fingerprint density at radius 3 is 1.51 bits per heavy atom. The Hall–Kier alpha value is -0.530. The first-order valence-electron chi connectivity index (χ1n) is 17.4. The molecule has 4 aliphatic carbocycles. The molecule has 0 aromatic rings. The Morgan fingerprint density at radius 1 is 0.541 bits per heavy atom. The van der Waals surface area contributed by atoms with Crippen molar-refractivity contribution in [3.05, 3.63) is 0 Å². The molecule has 2 nitrogen and oxygen atoms in total. The van der Waals surface area contributed by atoms with Gasteiger partial charge >= 0.3 is 5.97 Å². The molecule has 0 saturated heterocycles. The van der Waals surface area contributed by atoms with E-state index in [4.69, 9.17) is 0 Å². The van der Waals surface area contributed by atoms with Crippen LogP contribution in [0, 0.1) is 22.2 Å². The van der Waals surface area contributed by atoms with Gasteiger partial charge in [0.1, 0.15) is 0 Å². The molecule has 2 heteroatoms. The molecule has 0 bridgehead atoms. The first-order valence-corrected chi connectivity index (χ1v) is 17.4. The summed E-state index contributed by atoms with van der Waals surface area (Å²) in [6, 6.07) is 0. The molecule has 0 amide bonds. The van der Waals surface area contributed by atoms with Gasteiger partial charge in [-0.2, -0.15) is 0 Å². The average molecular weight is 515 g/mol. The maximum Gasteiger partial charge on any atom is 0.303 e. The smallest absolute Gasteiger partial charge is 0.303 e. The largest absolute Gasteiger partial charge is 0.481 e. The van der Waals surface area contributed by atoms with Crippen molar-refractivity contribution in [3.8, 4) is 0 Å². The minimum absolute atomic E-state index is 0.370. The van der Waals surface area contributed by atoms with E-state index in [0.717, 1.165) is 18.8 Å². The van der Waals surface area contributed by atoms with E-state index in [1.807, 2.05) is 0 Å². The van der Waals surface area contributed by atoms with Crippen LogP contribution in [-0.2, 0) is 4.79 Å². The van der Waals surface area contributed by atoms with E-state index < -0.39 is 5.97 Å². The quantitative estimate of drug-likeness (QED) is 0.370. The van der Waals surface area contributed by atoms with Crippen molar-refractivity contribution >= 4 is 5.97 Å². The molecule has 0 heterocycles. The number of rotatable bonds is 5. The molecule has 0 radical (unpaired) electrons. The number of unbranched alkanes of at least 4 members (excludes halogenated alkanes) is 1. The topological polar surface area (TPSA) is 37.3 Å². The van der Waals surface area contributed by atoms with Crippen LogP contribution >= 0.6 is 0 Å². The fourth-order valence-electron chi connectivity index (χ4n) is 10.8. The standard InChI is InChI=1S/C35H62O2/c36-32(37)23-13-12-22-31-21-11-4-1-2-6-17-27-34(31)28-18-7-3-5-14-24-33-25-15-8-9-19-29-35(33,34)30-20-10-16-26-33/h31H,1-30H2,(H,36,37). The molecule has 4 aliphatic rings. The molecule has 4 rings (SSSR count). The Morgan fingerprint density at radius 2 is 0.973 bits per heavy atom. The second-order valence-corrected chi connectivity index (χ2v) is 14.3. The molecule has 0 aliphatic heterocycles. The highest BCUT2D eigenvalue weighted by Gasteiger charge is 2.62.